The quantitative estimate of drug-likeness (QED) is 0.342. The van der Waals surface area contributed by atoms with Crippen molar-refractivity contribution in [1.29, 1.82) is 0 Å². The van der Waals surface area contributed by atoms with Crippen LogP contribution in [0.4, 0.5) is 0 Å². The second-order valence-electron chi connectivity index (χ2n) is 6.14. The number of rotatable bonds is 12. The highest BCUT2D eigenvalue weighted by Crippen LogP contribution is 2.09. The van der Waals surface area contributed by atoms with Crippen LogP contribution in [0.5, 0.6) is 0 Å². The molecule has 0 saturated carbocycles. The molecule has 0 amide bonds. The van der Waals surface area contributed by atoms with E-state index < -0.39 is 10.1 Å². The summed E-state index contributed by atoms with van der Waals surface area (Å²) >= 11 is 0. The first-order valence-corrected chi connectivity index (χ1v) is 9.15. The fraction of sp³-hybridized carbons (Fsp3) is 1.00. The number of hydrogen-bond donors (Lipinski definition) is 1. The minimum Gasteiger partial charge on any atom is -0.328 e. The van der Waals surface area contributed by atoms with Gasteiger partial charge in [-0.1, -0.05) is 32.6 Å². The summed E-state index contributed by atoms with van der Waals surface area (Å²) in [5.74, 6) is -0.107. The molecule has 0 atom stereocenters. The van der Waals surface area contributed by atoms with Gasteiger partial charge in [0, 0.05) is 0 Å². The lowest BCUT2D eigenvalue weighted by Gasteiger charge is -2.29. The average molecular weight is 294 g/mol. The van der Waals surface area contributed by atoms with E-state index in [1.54, 1.807) is 0 Å². The molecule has 1 N–H and O–H groups in total. The van der Waals surface area contributed by atoms with Crippen LogP contribution >= 0.6 is 0 Å². The van der Waals surface area contributed by atoms with E-state index in [0.29, 0.717) is 6.42 Å². The summed E-state index contributed by atoms with van der Waals surface area (Å²) in [6.07, 6.45) is 9.25. The molecule has 0 fully saturated rings. The monoisotopic (exact) mass is 294 g/mol. The summed E-state index contributed by atoms with van der Waals surface area (Å²) in [5.41, 5.74) is 0. The average Bonchev–Trinajstić information content (AvgIpc) is 2.28. The SMILES string of the molecule is CCCCCCCC[N+](C)(C)CCCCS(=O)(=O)O. The van der Waals surface area contributed by atoms with E-state index in [2.05, 4.69) is 21.0 Å². The zero-order valence-electron chi connectivity index (χ0n) is 12.9. The Morgan fingerprint density at radius 3 is 1.84 bits per heavy atom. The number of hydrogen-bond acceptors (Lipinski definition) is 2. The summed E-state index contributed by atoms with van der Waals surface area (Å²) in [5, 5.41) is 0. The van der Waals surface area contributed by atoms with Crippen molar-refractivity contribution in [1.82, 2.24) is 0 Å². The molecule has 0 saturated heterocycles. The van der Waals surface area contributed by atoms with Crippen LogP contribution in [0.2, 0.25) is 0 Å². The fourth-order valence-corrected chi connectivity index (χ4v) is 2.83. The van der Waals surface area contributed by atoms with Gasteiger partial charge in [-0.3, -0.25) is 4.55 Å². The summed E-state index contributed by atoms with van der Waals surface area (Å²) in [6, 6.07) is 0. The number of unbranched alkanes of at least 4 members (excludes halogenated alkanes) is 6. The summed E-state index contributed by atoms with van der Waals surface area (Å²) in [6.45, 7) is 4.36. The molecule has 0 unspecified atom stereocenters. The number of quaternary nitrogens is 1. The highest BCUT2D eigenvalue weighted by atomic mass is 32.2. The van der Waals surface area contributed by atoms with Crippen molar-refractivity contribution in [2.45, 2.75) is 58.3 Å². The lowest BCUT2D eigenvalue weighted by Crippen LogP contribution is -2.41. The molecule has 0 aromatic rings. The second kappa shape index (κ2) is 9.72. The van der Waals surface area contributed by atoms with Gasteiger partial charge >= 0.3 is 0 Å². The molecule has 116 valence electrons. The fourth-order valence-electron chi connectivity index (χ4n) is 2.26. The van der Waals surface area contributed by atoms with Gasteiger partial charge in [-0.05, 0) is 25.7 Å². The zero-order chi connectivity index (χ0) is 14.8. The van der Waals surface area contributed by atoms with Gasteiger partial charge in [-0.15, -0.1) is 0 Å². The van der Waals surface area contributed by atoms with Crippen molar-refractivity contribution in [3.05, 3.63) is 0 Å². The Morgan fingerprint density at radius 1 is 0.842 bits per heavy atom. The van der Waals surface area contributed by atoms with E-state index in [1.807, 2.05) is 0 Å². The van der Waals surface area contributed by atoms with Crippen LogP contribution in [-0.2, 0) is 10.1 Å². The van der Waals surface area contributed by atoms with Gasteiger partial charge in [-0.25, -0.2) is 0 Å². The topological polar surface area (TPSA) is 54.4 Å². The van der Waals surface area contributed by atoms with Gasteiger partial charge in [0.25, 0.3) is 10.1 Å². The van der Waals surface area contributed by atoms with Gasteiger partial charge in [0.1, 0.15) is 0 Å². The van der Waals surface area contributed by atoms with E-state index in [9.17, 15) is 8.42 Å². The van der Waals surface area contributed by atoms with Crippen molar-refractivity contribution < 1.29 is 17.5 Å². The Kier molecular flexibility index (Phi) is 9.66. The Hall–Kier alpha value is -0.130. The molecule has 0 aliphatic rings. The molecule has 0 aromatic heterocycles. The Morgan fingerprint density at radius 2 is 1.32 bits per heavy atom. The van der Waals surface area contributed by atoms with E-state index in [0.717, 1.165) is 24.0 Å². The van der Waals surface area contributed by atoms with E-state index in [4.69, 9.17) is 4.55 Å². The van der Waals surface area contributed by atoms with Gasteiger partial charge in [-0.2, -0.15) is 8.42 Å². The maximum atomic E-state index is 10.6. The molecule has 0 spiro atoms. The standard InChI is InChI=1S/C14H31NO3S/c1-4-5-6-7-8-9-12-15(2,3)13-10-11-14-19(16,17)18/h4-14H2,1-3H3/p+1. The lowest BCUT2D eigenvalue weighted by atomic mass is 10.1. The second-order valence-corrected chi connectivity index (χ2v) is 7.72. The molecule has 0 radical (unpaired) electrons. The minimum absolute atomic E-state index is 0.107. The molecular formula is C14H32NO3S+. The minimum atomic E-state index is -3.78. The van der Waals surface area contributed by atoms with Crippen molar-refractivity contribution in [3.8, 4) is 0 Å². The molecule has 0 rings (SSSR count). The zero-order valence-corrected chi connectivity index (χ0v) is 13.7. The van der Waals surface area contributed by atoms with Crippen molar-refractivity contribution in [2.75, 3.05) is 32.9 Å². The van der Waals surface area contributed by atoms with E-state index in [-0.39, 0.29) is 5.75 Å². The first-order chi connectivity index (χ1) is 8.77. The number of nitrogens with zero attached hydrogens (tertiary/aromatic N) is 1. The van der Waals surface area contributed by atoms with E-state index >= 15 is 0 Å². The van der Waals surface area contributed by atoms with Crippen LogP contribution in [0, 0.1) is 0 Å². The Bertz CT molecular complexity index is 313. The van der Waals surface area contributed by atoms with Crippen molar-refractivity contribution >= 4 is 10.1 Å². The Labute approximate surface area is 119 Å². The third-order valence-electron chi connectivity index (χ3n) is 3.53. The molecular weight excluding hydrogens is 262 g/mol. The van der Waals surface area contributed by atoms with Crippen LogP contribution in [0.25, 0.3) is 0 Å². The lowest BCUT2D eigenvalue weighted by molar-refractivity contribution is -0.890. The van der Waals surface area contributed by atoms with Crippen LogP contribution in [0.15, 0.2) is 0 Å². The highest BCUT2D eigenvalue weighted by molar-refractivity contribution is 7.85. The molecule has 0 bridgehead atoms. The van der Waals surface area contributed by atoms with Gasteiger partial charge in [0.05, 0.1) is 32.9 Å². The maximum Gasteiger partial charge on any atom is 0.264 e. The predicted octanol–water partition coefficient (Wildman–Crippen LogP) is 3.09. The molecule has 19 heavy (non-hydrogen) atoms. The molecule has 0 aliphatic carbocycles. The highest BCUT2D eigenvalue weighted by Gasteiger charge is 2.14. The molecule has 4 nitrogen and oxygen atoms in total. The maximum absolute atomic E-state index is 10.6. The Balaban J connectivity index is 3.57. The van der Waals surface area contributed by atoms with Crippen LogP contribution in [0.3, 0.4) is 0 Å². The first kappa shape index (κ1) is 18.9. The van der Waals surface area contributed by atoms with Gasteiger partial charge < -0.3 is 4.48 Å². The molecule has 0 aromatic carbocycles. The van der Waals surface area contributed by atoms with Crippen LogP contribution in [0.1, 0.15) is 58.3 Å². The smallest absolute Gasteiger partial charge is 0.264 e. The first-order valence-electron chi connectivity index (χ1n) is 7.54. The molecule has 0 aliphatic heterocycles. The summed E-state index contributed by atoms with van der Waals surface area (Å²) in [7, 11) is 0.609. The predicted molar refractivity (Wildman–Crippen MR) is 80.9 cm³/mol. The largest absolute Gasteiger partial charge is 0.328 e. The van der Waals surface area contributed by atoms with Gasteiger partial charge in [0.15, 0.2) is 0 Å². The van der Waals surface area contributed by atoms with Crippen molar-refractivity contribution in [3.63, 3.8) is 0 Å². The third-order valence-corrected chi connectivity index (χ3v) is 4.34. The third kappa shape index (κ3) is 14.1. The van der Waals surface area contributed by atoms with Gasteiger partial charge in [0.2, 0.25) is 0 Å². The molecule has 5 heteroatoms. The molecule has 0 heterocycles. The normalized spacial score (nSPS) is 12.8. The van der Waals surface area contributed by atoms with Crippen LogP contribution < -0.4 is 0 Å². The van der Waals surface area contributed by atoms with Crippen molar-refractivity contribution in [2.24, 2.45) is 0 Å². The summed E-state index contributed by atoms with van der Waals surface area (Å²) < 4.78 is 30.8. The van der Waals surface area contributed by atoms with Crippen LogP contribution in [-0.4, -0.2) is 50.4 Å². The summed E-state index contributed by atoms with van der Waals surface area (Å²) in [4.78, 5) is 0. The van der Waals surface area contributed by atoms with E-state index in [1.165, 1.54) is 38.5 Å².